The first kappa shape index (κ1) is 14.7. The maximum absolute atomic E-state index is 6.04. The van der Waals surface area contributed by atoms with Crippen LogP contribution in [-0.4, -0.2) is 60.3 Å². The summed E-state index contributed by atoms with van der Waals surface area (Å²) in [6.45, 7) is 8.51. The summed E-state index contributed by atoms with van der Waals surface area (Å²) in [6.07, 6.45) is 9.06. The van der Waals surface area contributed by atoms with Gasteiger partial charge in [0.15, 0.2) is 0 Å². The van der Waals surface area contributed by atoms with Crippen molar-refractivity contribution < 1.29 is 4.74 Å². The van der Waals surface area contributed by atoms with Gasteiger partial charge >= 0.3 is 0 Å². The van der Waals surface area contributed by atoms with Crippen molar-refractivity contribution in [3.8, 4) is 0 Å². The average Bonchev–Trinajstić information content (AvgIpc) is 3.02. The molecule has 0 saturated carbocycles. The molecule has 2 saturated heterocycles. The summed E-state index contributed by atoms with van der Waals surface area (Å²) in [4.78, 5) is 13.6. The van der Waals surface area contributed by atoms with Crippen molar-refractivity contribution in [2.75, 3.05) is 44.2 Å². The topological polar surface area (TPSA) is 41.5 Å². The number of ether oxygens (including phenoxy) is 1. The maximum atomic E-state index is 6.04. The lowest BCUT2D eigenvalue weighted by Gasteiger charge is -2.32. The summed E-state index contributed by atoms with van der Waals surface area (Å²) >= 11 is 0. The monoisotopic (exact) mass is 290 g/mol. The molecule has 0 atom stereocenters. The van der Waals surface area contributed by atoms with Crippen LogP contribution >= 0.6 is 0 Å². The van der Waals surface area contributed by atoms with Crippen LogP contribution in [0.2, 0.25) is 0 Å². The van der Waals surface area contributed by atoms with Crippen molar-refractivity contribution in [1.29, 1.82) is 0 Å². The average molecular weight is 290 g/mol. The number of aromatic nitrogens is 2. The molecule has 0 aromatic carbocycles. The Morgan fingerprint density at radius 3 is 2.43 bits per heavy atom. The van der Waals surface area contributed by atoms with E-state index in [0.717, 1.165) is 50.6 Å². The summed E-state index contributed by atoms with van der Waals surface area (Å²) in [7, 11) is 0. The third kappa shape index (κ3) is 4.14. The van der Waals surface area contributed by atoms with Crippen LogP contribution < -0.4 is 4.90 Å². The molecule has 2 fully saturated rings. The molecule has 0 radical (unpaired) electrons. The van der Waals surface area contributed by atoms with Crippen LogP contribution in [0.5, 0.6) is 0 Å². The highest BCUT2D eigenvalue weighted by Crippen LogP contribution is 2.18. The lowest BCUT2D eigenvalue weighted by Crippen LogP contribution is -2.38. The van der Waals surface area contributed by atoms with Crippen molar-refractivity contribution in [3.63, 3.8) is 0 Å². The van der Waals surface area contributed by atoms with Gasteiger partial charge in [-0.1, -0.05) is 0 Å². The van der Waals surface area contributed by atoms with Gasteiger partial charge in [0.05, 0.1) is 12.7 Å². The summed E-state index contributed by atoms with van der Waals surface area (Å²) in [5.41, 5.74) is 1.11. The van der Waals surface area contributed by atoms with Gasteiger partial charge < -0.3 is 14.5 Å². The second-order valence-electron chi connectivity index (χ2n) is 6.17. The largest absolute Gasteiger partial charge is 0.377 e. The van der Waals surface area contributed by atoms with Gasteiger partial charge in [0.25, 0.3) is 0 Å². The zero-order valence-electron chi connectivity index (χ0n) is 13.0. The van der Waals surface area contributed by atoms with Gasteiger partial charge in [-0.3, -0.25) is 0 Å². The fourth-order valence-corrected chi connectivity index (χ4v) is 3.13. The molecule has 0 bridgehead atoms. The number of anilines is 1. The van der Waals surface area contributed by atoms with Gasteiger partial charge in [-0.05, 0) is 51.3 Å². The lowest BCUT2D eigenvalue weighted by molar-refractivity contribution is 0.0264. The molecule has 1 aromatic rings. The number of rotatable bonds is 5. The summed E-state index contributed by atoms with van der Waals surface area (Å²) in [5, 5.41) is 0. The Morgan fingerprint density at radius 1 is 1.10 bits per heavy atom. The highest BCUT2D eigenvalue weighted by Gasteiger charge is 2.21. The third-order valence-electron chi connectivity index (χ3n) is 4.45. The molecular weight excluding hydrogens is 264 g/mol. The fraction of sp³-hybridized carbons (Fsp3) is 0.750. The first-order chi connectivity index (χ1) is 10.3. The predicted octanol–water partition coefficient (Wildman–Crippen LogP) is 1.87. The quantitative estimate of drug-likeness (QED) is 0.828. The molecule has 2 aliphatic heterocycles. The van der Waals surface area contributed by atoms with E-state index in [-0.39, 0.29) is 0 Å². The Bertz CT molecular complexity index is 422. The molecule has 0 unspecified atom stereocenters. The Balaban J connectivity index is 1.37. The van der Waals surface area contributed by atoms with E-state index in [2.05, 4.69) is 19.8 Å². The van der Waals surface area contributed by atoms with Gasteiger partial charge in [0.1, 0.15) is 0 Å². The molecule has 0 N–H and O–H groups in total. The molecule has 116 valence electrons. The van der Waals surface area contributed by atoms with Gasteiger partial charge in [-0.15, -0.1) is 0 Å². The minimum atomic E-state index is 0.411. The maximum Gasteiger partial charge on any atom is 0.225 e. The van der Waals surface area contributed by atoms with Crippen molar-refractivity contribution in [2.24, 2.45) is 0 Å². The Hall–Kier alpha value is -1.20. The molecule has 5 heteroatoms. The summed E-state index contributed by atoms with van der Waals surface area (Å²) in [5.74, 6) is 0.858. The van der Waals surface area contributed by atoms with Gasteiger partial charge in [-0.2, -0.15) is 0 Å². The molecule has 3 rings (SSSR count). The molecule has 3 heterocycles. The Morgan fingerprint density at radius 2 is 1.76 bits per heavy atom. The van der Waals surface area contributed by atoms with Crippen molar-refractivity contribution in [3.05, 3.63) is 18.0 Å². The van der Waals surface area contributed by atoms with E-state index in [9.17, 15) is 0 Å². The molecule has 5 nitrogen and oxygen atoms in total. The number of aryl methyl sites for hydroxylation is 1. The first-order valence-electron chi connectivity index (χ1n) is 8.19. The number of piperidine rings is 1. The van der Waals surface area contributed by atoms with Crippen molar-refractivity contribution in [2.45, 2.75) is 38.7 Å². The third-order valence-corrected chi connectivity index (χ3v) is 4.45. The van der Waals surface area contributed by atoms with Crippen molar-refractivity contribution in [1.82, 2.24) is 14.9 Å². The van der Waals surface area contributed by atoms with Gasteiger partial charge in [0, 0.05) is 32.0 Å². The van der Waals surface area contributed by atoms with Crippen molar-refractivity contribution >= 4 is 5.95 Å². The number of hydrogen-bond acceptors (Lipinski definition) is 5. The number of likely N-dealkylation sites (tertiary alicyclic amines) is 1. The molecule has 0 spiro atoms. The molecule has 1 aromatic heterocycles. The summed E-state index contributed by atoms with van der Waals surface area (Å²) in [6, 6.07) is 0. The van der Waals surface area contributed by atoms with E-state index in [1.54, 1.807) is 0 Å². The minimum Gasteiger partial charge on any atom is -0.377 e. The molecule has 0 amide bonds. The SMILES string of the molecule is Cc1cnc(N2CCC(OCCN3CCCC3)CC2)nc1. The Labute approximate surface area is 127 Å². The van der Waals surface area contributed by atoms with Crippen LogP contribution in [0.4, 0.5) is 5.95 Å². The van der Waals surface area contributed by atoms with E-state index < -0.39 is 0 Å². The number of hydrogen-bond donors (Lipinski definition) is 0. The zero-order chi connectivity index (χ0) is 14.5. The molecule has 21 heavy (non-hydrogen) atoms. The van der Waals surface area contributed by atoms with E-state index in [1.807, 2.05) is 19.3 Å². The highest BCUT2D eigenvalue weighted by atomic mass is 16.5. The Kier molecular flexibility index (Phi) is 5.04. The summed E-state index contributed by atoms with van der Waals surface area (Å²) < 4.78 is 6.04. The van der Waals surface area contributed by atoms with Crippen LogP contribution in [-0.2, 0) is 4.74 Å². The van der Waals surface area contributed by atoms with Crippen LogP contribution in [0.25, 0.3) is 0 Å². The predicted molar refractivity (Wildman–Crippen MR) is 83.6 cm³/mol. The standard InChI is InChI=1S/C16H26N4O/c1-14-12-17-16(18-13-14)20-8-4-15(5-9-20)21-11-10-19-6-2-3-7-19/h12-13,15H,2-11H2,1H3. The second-order valence-corrected chi connectivity index (χ2v) is 6.17. The van der Waals surface area contributed by atoms with E-state index in [4.69, 9.17) is 4.74 Å². The number of nitrogens with zero attached hydrogens (tertiary/aromatic N) is 4. The minimum absolute atomic E-state index is 0.411. The van der Waals surface area contributed by atoms with Crippen LogP contribution in [0.3, 0.4) is 0 Å². The molecular formula is C16H26N4O. The van der Waals surface area contributed by atoms with E-state index >= 15 is 0 Å². The van der Waals surface area contributed by atoms with Crippen LogP contribution in [0.1, 0.15) is 31.2 Å². The zero-order valence-corrected chi connectivity index (χ0v) is 13.0. The normalized spacial score (nSPS) is 21.1. The second kappa shape index (κ2) is 7.18. The van der Waals surface area contributed by atoms with E-state index in [0.29, 0.717) is 6.10 Å². The lowest BCUT2D eigenvalue weighted by atomic mass is 10.1. The molecule has 2 aliphatic rings. The van der Waals surface area contributed by atoms with Crippen LogP contribution in [0.15, 0.2) is 12.4 Å². The van der Waals surface area contributed by atoms with Gasteiger partial charge in [-0.25, -0.2) is 9.97 Å². The van der Waals surface area contributed by atoms with Gasteiger partial charge in [0.2, 0.25) is 5.95 Å². The fourth-order valence-electron chi connectivity index (χ4n) is 3.13. The first-order valence-corrected chi connectivity index (χ1v) is 8.19. The van der Waals surface area contributed by atoms with E-state index in [1.165, 1.54) is 25.9 Å². The smallest absolute Gasteiger partial charge is 0.225 e. The van der Waals surface area contributed by atoms with Crippen LogP contribution in [0, 0.1) is 6.92 Å². The highest BCUT2D eigenvalue weighted by molar-refractivity contribution is 5.30. The molecule has 0 aliphatic carbocycles.